The van der Waals surface area contributed by atoms with Gasteiger partial charge in [0, 0.05) is 11.2 Å². The minimum absolute atomic E-state index is 0.176. The summed E-state index contributed by atoms with van der Waals surface area (Å²) in [5.41, 5.74) is 2.09. The van der Waals surface area contributed by atoms with Gasteiger partial charge in [0.25, 0.3) is 0 Å². The minimum Gasteiger partial charge on any atom is -0.497 e. The highest BCUT2D eigenvalue weighted by Crippen LogP contribution is 2.31. The van der Waals surface area contributed by atoms with Crippen LogP contribution in [0.1, 0.15) is 49.2 Å². The second kappa shape index (κ2) is 12.0. The lowest BCUT2D eigenvalue weighted by Crippen LogP contribution is -2.51. The number of aromatic nitrogens is 3. The summed E-state index contributed by atoms with van der Waals surface area (Å²) >= 11 is 0. The highest BCUT2D eigenvalue weighted by Gasteiger charge is 2.35. The van der Waals surface area contributed by atoms with Crippen molar-refractivity contribution in [3.63, 3.8) is 0 Å². The molecule has 1 aromatic heterocycles. The first-order valence-corrected chi connectivity index (χ1v) is 12.9. The van der Waals surface area contributed by atoms with Gasteiger partial charge in [-0.25, -0.2) is 9.48 Å². The van der Waals surface area contributed by atoms with E-state index in [1.54, 1.807) is 55.6 Å². The molecule has 4 aromatic rings. The van der Waals surface area contributed by atoms with Gasteiger partial charge in [-0.05, 0) is 74.4 Å². The first-order chi connectivity index (χ1) is 19.2. The average molecular weight is 544 g/mol. The number of rotatable bonds is 10. The number of carbonyl (C=O) groups excluding carboxylic acids is 3. The van der Waals surface area contributed by atoms with Crippen molar-refractivity contribution in [3.05, 3.63) is 83.9 Å². The van der Waals surface area contributed by atoms with Crippen LogP contribution in [0.25, 0.3) is 11.0 Å². The van der Waals surface area contributed by atoms with E-state index in [4.69, 9.17) is 9.47 Å². The van der Waals surface area contributed by atoms with Gasteiger partial charge in [-0.2, -0.15) is 0 Å². The van der Waals surface area contributed by atoms with Crippen LogP contribution in [-0.4, -0.2) is 52.5 Å². The van der Waals surface area contributed by atoms with E-state index in [1.807, 2.05) is 45.0 Å². The molecule has 0 aliphatic heterocycles. The topological polar surface area (TPSA) is 116 Å². The Kier molecular flexibility index (Phi) is 8.47. The second-order valence-corrected chi connectivity index (χ2v) is 9.94. The number of carbonyl (C=O) groups is 3. The molecule has 0 spiro atoms. The fourth-order valence-electron chi connectivity index (χ4n) is 4.27. The molecule has 208 valence electrons. The van der Waals surface area contributed by atoms with Gasteiger partial charge in [0.05, 0.1) is 25.3 Å². The van der Waals surface area contributed by atoms with E-state index in [2.05, 4.69) is 15.6 Å². The SMILES string of the molecule is CCC(C)(C)NC(=O)[C@H](c1cccc(OC)c1)N(C(=O)Cn1nnc2ccccc21)c1ccc(C(=O)OC)cc1. The van der Waals surface area contributed by atoms with E-state index in [1.165, 1.54) is 16.7 Å². The maximum absolute atomic E-state index is 14.2. The van der Waals surface area contributed by atoms with E-state index in [9.17, 15) is 14.4 Å². The number of methoxy groups -OCH3 is 2. The number of fused-ring (bicyclic) bond motifs is 1. The molecule has 4 rings (SSSR count). The zero-order chi connectivity index (χ0) is 28.9. The first-order valence-electron chi connectivity index (χ1n) is 12.9. The van der Waals surface area contributed by atoms with Gasteiger partial charge in [-0.3, -0.25) is 14.5 Å². The number of esters is 1. The molecule has 10 heteroatoms. The number of nitrogens with one attached hydrogen (secondary N) is 1. The largest absolute Gasteiger partial charge is 0.497 e. The maximum atomic E-state index is 14.2. The number of ether oxygens (including phenoxy) is 2. The average Bonchev–Trinajstić information content (AvgIpc) is 3.37. The molecule has 3 aromatic carbocycles. The Bertz CT molecular complexity index is 1510. The van der Waals surface area contributed by atoms with Gasteiger partial charge in [-0.15, -0.1) is 5.10 Å². The van der Waals surface area contributed by atoms with Gasteiger partial charge >= 0.3 is 5.97 Å². The molecule has 1 atom stereocenters. The zero-order valence-electron chi connectivity index (χ0n) is 23.2. The van der Waals surface area contributed by atoms with Gasteiger partial charge in [-0.1, -0.05) is 36.4 Å². The van der Waals surface area contributed by atoms with Crippen LogP contribution in [0.15, 0.2) is 72.8 Å². The van der Waals surface area contributed by atoms with Gasteiger partial charge in [0.2, 0.25) is 11.8 Å². The first kappa shape index (κ1) is 28.3. The van der Waals surface area contributed by atoms with Gasteiger partial charge in [0.15, 0.2) is 0 Å². The molecule has 0 fully saturated rings. The quantitative estimate of drug-likeness (QED) is 0.297. The summed E-state index contributed by atoms with van der Waals surface area (Å²) in [6, 6.07) is 19.7. The third-order valence-corrected chi connectivity index (χ3v) is 6.80. The highest BCUT2D eigenvalue weighted by atomic mass is 16.5. The van der Waals surface area contributed by atoms with Crippen molar-refractivity contribution >= 4 is 34.5 Å². The third kappa shape index (κ3) is 6.12. The van der Waals surface area contributed by atoms with Crippen molar-refractivity contribution in [2.45, 2.75) is 45.3 Å². The van der Waals surface area contributed by atoms with Crippen LogP contribution in [0.5, 0.6) is 5.75 Å². The number of para-hydroxylation sites is 1. The summed E-state index contributed by atoms with van der Waals surface area (Å²) in [7, 11) is 2.84. The molecule has 1 N–H and O–H groups in total. The molecule has 0 radical (unpaired) electrons. The predicted octanol–water partition coefficient (Wildman–Crippen LogP) is 4.31. The Labute approximate surface area is 232 Å². The van der Waals surface area contributed by atoms with E-state index < -0.39 is 23.5 Å². The Morgan fingerprint density at radius 3 is 2.40 bits per heavy atom. The summed E-state index contributed by atoms with van der Waals surface area (Å²) in [6.07, 6.45) is 0.677. The molecule has 2 amide bonds. The Balaban J connectivity index is 1.85. The van der Waals surface area contributed by atoms with Crippen molar-refractivity contribution in [1.29, 1.82) is 0 Å². The standard InChI is InChI=1S/C30H33N5O5/c1-6-30(2,3)31-28(37)27(21-10-9-11-23(18-21)39-4)35(22-16-14-20(15-17-22)29(38)40-5)26(36)19-34-25-13-8-7-12-24(25)32-33-34/h7-18,27H,6,19H2,1-5H3,(H,31,37)/t27-/m0/s1. The molecule has 0 saturated heterocycles. The zero-order valence-corrected chi connectivity index (χ0v) is 23.2. The molecule has 40 heavy (non-hydrogen) atoms. The normalized spacial score (nSPS) is 12.0. The van der Waals surface area contributed by atoms with E-state index >= 15 is 0 Å². The van der Waals surface area contributed by atoms with Crippen molar-refractivity contribution in [2.24, 2.45) is 0 Å². The molecule has 1 heterocycles. The molecule has 10 nitrogen and oxygen atoms in total. The van der Waals surface area contributed by atoms with Crippen LogP contribution in [0.4, 0.5) is 5.69 Å². The number of nitrogens with zero attached hydrogens (tertiary/aromatic N) is 4. The summed E-state index contributed by atoms with van der Waals surface area (Å²) in [4.78, 5) is 41.7. The third-order valence-electron chi connectivity index (χ3n) is 6.80. The number of benzene rings is 3. The Hall–Kier alpha value is -4.73. The summed E-state index contributed by atoms with van der Waals surface area (Å²) < 4.78 is 11.8. The van der Waals surface area contributed by atoms with Crippen LogP contribution < -0.4 is 15.0 Å². The predicted molar refractivity (Wildman–Crippen MR) is 151 cm³/mol. The molecule has 0 aliphatic carbocycles. The lowest BCUT2D eigenvalue weighted by Gasteiger charge is -2.34. The number of hydrogen-bond acceptors (Lipinski definition) is 7. The fraction of sp³-hybridized carbons (Fsp3) is 0.300. The summed E-state index contributed by atoms with van der Waals surface area (Å²) in [6.45, 7) is 5.65. The smallest absolute Gasteiger partial charge is 0.337 e. The van der Waals surface area contributed by atoms with Crippen molar-refractivity contribution in [1.82, 2.24) is 20.3 Å². The van der Waals surface area contributed by atoms with Crippen LogP contribution >= 0.6 is 0 Å². The van der Waals surface area contributed by atoms with Crippen molar-refractivity contribution < 1.29 is 23.9 Å². The van der Waals surface area contributed by atoms with Crippen LogP contribution in [0.3, 0.4) is 0 Å². The van der Waals surface area contributed by atoms with E-state index in [0.717, 1.165) is 0 Å². The molecular weight excluding hydrogens is 510 g/mol. The maximum Gasteiger partial charge on any atom is 0.337 e. The fourth-order valence-corrected chi connectivity index (χ4v) is 4.27. The summed E-state index contributed by atoms with van der Waals surface area (Å²) in [5, 5.41) is 11.4. The van der Waals surface area contributed by atoms with Crippen molar-refractivity contribution in [2.75, 3.05) is 19.1 Å². The molecular formula is C30H33N5O5. The lowest BCUT2D eigenvalue weighted by molar-refractivity contribution is -0.128. The summed E-state index contributed by atoms with van der Waals surface area (Å²) in [5.74, 6) is -0.737. The van der Waals surface area contributed by atoms with E-state index in [-0.39, 0.29) is 12.5 Å². The monoisotopic (exact) mass is 543 g/mol. The Morgan fingerprint density at radius 1 is 1.00 bits per heavy atom. The highest BCUT2D eigenvalue weighted by molar-refractivity contribution is 6.02. The molecule has 0 saturated carbocycles. The van der Waals surface area contributed by atoms with Crippen LogP contribution in [0.2, 0.25) is 0 Å². The number of amides is 2. The molecule has 0 bridgehead atoms. The van der Waals surface area contributed by atoms with Crippen molar-refractivity contribution in [3.8, 4) is 5.75 Å². The second-order valence-electron chi connectivity index (χ2n) is 9.94. The van der Waals surface area contributed by atoms with E-state index in [0.29, 0.717) is 40.0 Å². The minimum atomic E-state index is -1.06. The number of hydrogen-bond donors (Lipinski definition) is 1. The van der Waals surface area contributed by atoms with Gasteiger partial charge in [0.1, 0.15) is 23.9 Å². The number of anilines is 1. The van der Waals surface area contributed by atoms with Crippen LogP contribution in [0, 0.1) is 0 Å². The Morgan fingerprint density at radius 2 is 1.73 bits per heavy atom. The molecule has 0 aliphatic rings. The van der Waals surface area contributed by atoms with Gasteiger partial charge < -0.3 is 14.8 Å². The lowest BCUT2D eigenvalue weighted by atomic mass is 9.98. The van der Waals surface area contributed by atoms with Crippen LogP contribution in [-0.2, 0) is 20.9 Å². The molecule has 0 unspecified atom stereocenters.